The summed E-state index contributed by atoms with van der Waals surface area (Å²) in [5, 5.41) is 9.98. The van der Waals surface area contributed by atoms with Gasteiger partial charge in [0.15, 0.2) is 0 Å². The molecule has 1 unspecified atom stereocenters. The zero-order chi connectivity index (χ0) is 14.2. The first-order valence-corrected chi connectivity index (χ1v) is 8.21. The fourth-order valence-corrected chi connectivity index (χ4v) is 3.42. The van der Waals surface area contributed by atoms with E-state index in [-0.39, 0.29) is 5.75 Å². The fourth-order valence-electron chi connectivity index (χ4n) is 2.64. The van der Waals surface area contributed by atoms with Gasteiger partial charge in [0.2, 0.25) is 10.0 Å². The molecule has 0 radical (unpaired) electrons. The monoisotopic (exact) mass is 286 g/mol. The molecular weight excluding hydrogens is 264 g/mol. The van der Waals surface area contributed by atoms with E-state index in [1.807, 2.05) is 17.6 Å². The summed E-state index contributed by atoms with van der Waals surface area (Å²) in [4.78, 5) is 0. The van der Waals surface area contributed by atoms with E-state index in [2.05, 4.69) is 0 Å². The maximum atomic E-state index is 11.8. The van der Waals surface area contributed by atoms with E-state index in [1.165, 1.54) is 4.31 Å². The Morgan fingerprint density at radius 3 is 2.79 bits per heavy atom. The van der Waals surface area contributed by atoms with Gasteiger partial charge in [-0.15, -0.1) is 0 Å². The van der Waals surface area contributed by atoms with Gasteiger partial charge >= 0.3 is 0 Å². The Morgan fingerprint density at radius 2 is 2.16 bits per heavy atom. The lowest BCUT2D eigenvalue weighted by molar-refractivity contribution is 0.155. The highest BCUT2D eigenvalue weighted by Crippen LogP contribution is 2.32. The summed E-state index contributed by atoms with van der Waals surface area (Å²) >= 11 is 0. The summed E-state index contributed by atoms with van der Waals surface area (Å²) in [6.45, 7) is 2.42. The van der Waals surface area contributed by atoms with Crippen LogP contribution in [0.15, 0.2) is 6.07 Å². The zero-order valence-corrected chi connectivity index (χ0v) is 12.6. The van der Waals surface area contributed by atoms with E-state index in [0.717, 1.165) is 36.2 Å². The van der Waals surface area contributed by atoms with Gasteiger partial charge in [-0.3, -0.25) is 0 Å². The molecule has 0 fully saturated rings. The van der Waals surface area contributed by atoms with Crippen molar-refractivity contribution in [3.63, 3.8) is 0 Å². The van der Waals surface area contributed by atoms with E-state index in [4.69, 9.17) is 0 Å². The molecule has 0 aliphatic heterocycles. The van der Waals surface area contributed by atoms with Gasteiger partial charge in [-0.05, 0) is 32.3 Å². The summed E-state index contributed by atoms with van der Waals surface area (Å²) < 4.78 is 27.0. The molecule has 0 aromatic carbocycles. The third-order valence-electron chi connectivity index (χ3n) is 3.83. The van der Waals surface area contributed by atoms with Crippen molar-refractivity contribution >= 4 is 10.0 Å². The van der Waals surface area contributed by atoms with Crippen LogP contribution < -0.4 is 0 Å². The Hall–Kier alpha value is -0.850. The van der Waals surface area contributed by atoms with Gasteiger partial charge in [-0.2, -0.15) is 0 Å². The molecule has 1 aromatic heterocycles. The maximum Gasteiger partial charge on any atom is 0.215 e. The Balaban J connectivity index is 2.22. The van der Waals surface area contributed by atoms with Gasteiger partial charge in [-0.25, -0.2) is 12.7 Å². The van der Waals surface area contributed by atoms with Crippen molar-refractivity contribution in [2.75, 3.05) is 19.8 Å². The highest BCUT2D eigenvalue weighted by atomic mass is 32.2. The maximum absolute atomic E-state index is 11.8. The predicted octanol–water partition coefficient (Wildman–Crippen LogP) is 1.06. The molecule has 0 spiro atoms. The Bertz CT molecular complexity index is 561. The highest BCUT2D eigenvalue weighted by molar-refractivity contribution is 7.89. The molecule has 108 valence electrons. The van der Waals surface area contributed by atoms with Gasteiger partial charge in [0.05, 0.1) is 11.9 Å². The molecule has 0 saturated heterocycles. The van der Waals surface area contributed by atoms with E-state index >= 15 is 0 Å². The lowest BCUT2D eigenvalue weighted by Crippen LogP contribution is -2.28. The second-order valence-electron chi connectivity index (χ2n) is 5.35. The van der Waals surface area contributed by atoms with Crippen LogP contribution in [0, 0.1) is 6.92 Å². The van der Waals surface area contributed by atoms with Gasteiger partial charge in [0.1, 0.15) is 0 Å². The minimum atomic E-state index is -3.18. The van der Waals surface area contributed by atoms with Crippen LogP contribution in [-0.4, -0.2) is 42.2 Å². The average molecular weight is 286 g/mol. The first kappa shape index (κ1) is 14.6. The summed E-state index contributed by atoms with van der Waals surface area (Å²) in [7, 11) is -0.0758. The number of rotatable bonds is 4. The molecule has 2 rings (SSSR count). The van der Waals surface area contributed by atoms with Crippen molar-refractivity contribution in [1.82, 2.24) is 8.87 Å². The fraction of sp³-hybridized carbons (Fsp3) is 0.692. The third-order valence-corrected chi connectivity index (χ3v) is 5.64. The number of aliphatic hydroxyl groups is 1. The van der Waals surface area contributed by atoms with Crippen LogP contribution in [0.1, 0.15) is 35.9 Å². The molecule has 1 N–H and O–H groups in total. The number of hydrogen-bond donors (Lipinski definition) is 1. The number of hydrogen-bond acceptors (Lipinski definition) is 3. The van der Waals surface area contributed by atoms with Crippen LogP contribution in [0.2, 0.25) is 0 Å². The van der Waals surface area contributed by atoms with Crippen LogP contribution >= 0.6 is 0 Å². The Morgan fingerprint density at radius 1 is 1.47 bits per heavy atom. The lowest BCUT2D eigenvalue weighted by atomic mass is 9.95. The molecule has 0 bridgehead atoms. The van der Waals surface area contributed by atoms with Gasteiger partial charge in [0, 0.05) is 37.6 Å². The van der Waals surface area contributed by atoms with E-state index in [1.54, 1.807) is 14.1 Å². The minimum absolute atomic E-state index is 0.0953. The van der Waals surface area contributed by atoms with Gasteiger partial charge in [0.25, 0.3) is 0 Å². The molecular formula is C13H22N2O3S. The van der Waals surface area contributed by atoms with Crippen molar-refractivity contribution in [2.24, 2.45) is 0 Å². The molecule has 0 saturated carbocycles. The number of sulfonamides is 1. The largest absolute Gasteiger partial charge is 0.388 e. The van der Waals surface area contributed by atoms with Crippen molar-refractivity contribution < 1.29 is 13.5 Å². The molecule has 6 heteroatoms. The number of aliphatic hydroxyl groups excluding tert-OH is 1. The number of fused-ring (bicyclic) bond motifs is 1. The van der Waals surface area contributed by atoms with Crippen LogP contribution in [0.5, 0.6) is 0 Å². The molecule has 1 atom stereocenters. The lowest BCUT2D eigenvalue weighted by Gasteiger charge is -2.21. The molecule has 1 aliphatic rings. The second kappa shape index (κ2) is 5.26. The summed E-state index contributed by atoms with van der Waals surface area (Å²) in [6, 6.07) is 1.99. The zero-order valence-electron chi connectivity index (χ0n) is 11.8. The molecule has 1 aromatic rings. The molecule has 1 heterocycles. The molecule has 5 nitrogen and oxygen atoms in total. The third kappa shape index (κ3) is 2.85. The second-order valence-corrected chi connectivity index (χ2v) is 7.65. The van der Waals surface area contributed by atoms with Crippen LogP contribution in [0.3, 0.4) is 0 Å². The minimum Gasteiger partial charge on any atom is -0.388 e. The number of nitrogens with zero attached hydrogens (tertiary/aromatic N) is 2. The van der Waals surface area contributed by atoms with Crippen LogP contribution in [-0.2, 0) is 23.0 Å². The van der Waals surface area contributed by atoms with Gasteiger partial charge < -0.3 is 9.67 Å². The number of aryl methyl sites for hydroxylation is 1. The first-order valence-electron chi connectivity index (χ1n) is 6.60. The predicted molar refractivity (Wildman–Crippen MR) is 74.5 cm³/mol. The van der Waals surface area contributed by atoms with Crippen molar-refractivity contribution in [3.8, 4) is 0 Å². The van der Waals surface area contributed by atoms with Crippen molar-refractivity contribution in [2.45, 2.75) is 38.8 Å². The summed E-state index contributed by atoms with van der Waals surface area (Å²) in [6.07, 6.45) is 2.28. The van der Waals surface area contributed by atoms with Gasteiger partial charge in [-0.1, -0.05) is 0 Å². The SMILES string of the molecule is Cc1cc2c(n1CCS(=O)(=O)N(C)C)CCCC2O. The Labute approximate surface area is 114 Å². The summed E-state index contributed by atoms with van der Waals surface area (Å²) in [5.74, 6) is 0.0953. The normalized spacial score (nSPS) is 19.7. The standard InChI is InChI=1S/C13H22N2O3S/c1-10-9-11-12(5-4-6-13(11)16)15(10)7-8-19(17,18)14(2)3/h9,13,16H,4-8H2,1-3H3. The van der Waals surface area contributed by atoms with E-state index in [9.17, 15) is 13.5 Å². The molecule has 1 aliphatic carbocycles. The highest BCUT2D eigenvalue weighted by Gasteiger charge is 2.24. The van der Waals surface area contributed by atoms with Crippen LogP contribution in [0.25, 0.3) is 0 Å². The average Bonchev–Trinajstić information content (AvgIpc) is 2.64. The van der Waals surface area contributed by atoms with Crippen molar-refractivity contribution in [1.29, 1.82) is 0 Å². The molecule has 0 amide bonds. The Kier molecular flexibility index (Phi) is 4.03. The first-order chi connectivity index (χ1) is 8.83. The van der Waals surface area contributed by atoms with E-state index < -0.39 is 16.1 Å². The molecule has 19 heavy (non-hydrogen) atoms. The number of aromatic nitrogens is 1. The topological polar surface area (TPSA) is 62.5 Å². The summed E-state index contributed by atoms with van der Waals surface area (Å²) in [5.41, 5.74) is 3.11. The van der Waals surface area contributed by atoms with Crippen molar-refractivity contribution in [3.05, 3.63) is 23.0 Å². The van der Waals surface area contributed by atoms with E-state index in [0.29, 0.717) is 6.54 Å². The van der Waals surface area contributed by atoms with Crippen LogP contribution in [0.4, 0.5) is 0 Å². The smallest absolute Gasteiger partial charge is 0.215 e. The quantitative estimate of drug-likeness (QED) is 0.900.